The smallest absolute Gasteiger partial charge is 0.383 e. The number of amides is 1. The Morgan fingerprint density at radius 1 is 1.35 bits per heavy atom. The molecule has 4 N–H and O–H groups in total. The Bertz CT molecular complexity index is 517. The highest BCUT2D eigenvalue weighted by Gasteiger charge is 2.31. The number of nitrogens with two attached hydrogens (primary N) is 1. The second kappa shape index (κ2) is 8.73. The van der Waals surface area contributed by atoms with Crippen molar-refractivity contribution in [1.29, 1.82) is 0 Å². The number of carbonyl (C=O) groups is 1. The summed E-state index contributed by atoms with van der Waals surface area (Å²) in [7, 11) is 1.42. The lowest BCUT2D eigenvalue weighted by molar-refractivity contribution is -0.137. The van der Waals surface area contributed by atoms with E-state index in [0.717, 1.165) is 18.6 Å². The topological polar surface area (TPSA) is 76.4 Å². The zero-order chi connectivity index (χ0) is 17.5. The van der Waals surface area contributed by atoms with Gasteiger partial charge in [-0.2, -0.15) is 13.2 Å². The number of anilines is 2. The van der Waals surface area contributed by atoms with E-state index in [1.54, 1.807) is 0 Å². The van der Waals surface area contributed by atoms with Gasteiger partial charge in [-0.1, -0.05) is 6.92 Å². The van der Waals surface area contributed by atoms with Crippen LogP contribution in [0.25, 0.3) is 0 Å². The van der Waals surface area contributed by atoms with Crippen LogP contribution in [-0.4, -0.2) is 32.2 Å². The molecule has 0 saturated carbocycles. The van der Waals surface area contributed by atoms with E-state index in [1.165, 1.54) is 13.2 Å². The van der Waals surface area contributed by atoms with Crippen molar-refractivity contribution in [3.8, 4) is 0 Å². The molecular weight excluding hydrogens is 311 g/mol. The molecule has 0 radical (unpaired) electrons. The lowest BCUT2D eigenvalue weighted by atomic mass is 10.1. The van der Waals surface area contributed by atoms with Crippen molar-refractivity contribution in [3.63, 3.8) is 0 Å². The summed E-state index contributed by atoms with van der Waals surface area (Å²) in [5, 5.41) is 5.48. The van der Waals surface area contributed by atoms with E-state index in [0.29, 0.717) is 12.2 Å². The zero-order valence-corrected chi connectivity index (χ0v) is 13.2. The Hall–Kier alpha value is -1.80. The van der Waals surface area contributed by atoms with Crippen LogP contribution in [0, 0.1) is 0 Å². The Labute approximate surface area is 133 Å². The predicted octanol–water partition coefficient (Wildman–Crippen LogP) is 2.83. The molecule has 0 bridgehead atoms. The van der Waals surface area contributed by atoms with Crippen LogP contribution in [0.1, 0.15) is 25.3 Å². The maximum atomic E-state index is 12.8. The van der Waals surface area contributed by atoms with E-state index < -0.39 is 23.8 Å². The maximum absolute atomic E-state index is 12.8. The van der Waals surface area contributed by atoms with Gasteiger partial charge in [-0.05, 0) is 24.6 Å². The quantitative estimate of drug-likeness (QED) is 0.684. The lowest BCUT2D eigenvalue weighted by Crippen LogP contribution is -2.28. The molecule has 0 fully saturated rings. The second-order valence-electron chi connectivity index (χ2n) is 5.03. The average molecular weight is 333 g/mol. The fourth-order valence-corrected chi connectivity index (χ4v) is 1.91. The number of ether oxygens (including phenoxy) is 1. The van der Waals surface area contributed by atoms with Gasteiger partial charge in [0.2, 0.25) is 5.91 Å². The highest BCUT2D eigenvalue weighted by atomic mass is 19.4. The third-order valence-corrected chi connectivity index (χ3v) is 3.20. The first-order chi connectivity index (χ1) is 10.8. The van der Waals surface area contributed by atoms with Gasteiger partial charge < -0.3 is 21.1 Å². The predicted molar refractivity (Wildman–Crippen MR) is 83.3 cm³/mol. The molecule has 1 atom stereocenters. The molecule has 0 spiro atoms. The van der Waals surface area contributed by atoms with Crippen molar-refractivity contribution in [1.82, 2.24) is 0 Å². The number of benzene rings is 1. The van der Waals surface area contributed by atoms with Crippen LogP contribution < -0.4 is 16.4 Å². The Kier molecular flexibility index (Phi) is 7.31. The lowest BCUT2D eigenvalue weighted by Gasteiger charge is -2.17. The summed E-state index contributed by atoms with van der Waals surface area (Å²) in [5.74, 6) is -0.457. The molecule has 0 aliphatic heterocycles. The summed E-state index contributed by atoms with van der Waals surface area (Å²) in [5.41, 5.74) is 5.14. The van der Waals surface area contributed by atoms with E-state index in [1.807, 2.05) is 6.92 Å². The number of methoxy groups -OCH3 is 1. The van der Waals surface area contributed by atoms with Gasteiger partial charge in [0, 0.05) is 20.2 Å². The van der Waals surface area contributed by atoms with E-state index in [-0.39, 0.29) is 18.7 Å². The largest absolute Gasteiger partial charge is 0.416 e. The van der Waals surface area contributed by atoms with Crippen molar-refractivity contribution in [3.05, 3.63) is 23.8 Å². The van der Waals surface area contributed by atoms with Gasteiger partial charge in [0.05, 0.1) is 29.5 Å². The van der Waals surface area contributed by atoms with E-state index in [2.05, 4.69) is 10.6 Å². The third-order valence-electron chi connectivity index (χ3n) is 3.20. The molecule has 1 aromatic rings. The molecule has 1 rings (SSSR count). The molecular formula is C15H22F3N3O2. The van der Waals surface area contributed by atoms with Crippen LogP contribution >= 0.6 is 0 Å². The van der Waals surface area contributed by atoms with Crippen molar-refractivity contribution in [2.45, 2.75) is 32.0 Å². The first-order valence-corrected chi connectivity index (χ1v) is 7.29. The van der Waals surface area contributed by atoms with E-state index in [9.17, 15) is 18.0 Å². The Morgan fingerprint density at radius 3 is 2.57 bits per heavy atom. The monoisotopic (exact) mass is 333 g/mol. The molecule has 0 aromatic heterocycles. The molecule has 1 unspecified atom stereocenters. The van der Waals surface area contributed by atoms with Gasteiger partial charge in [0.25, 0.3) is 0 Å². The van der Waals surface area contributed by atoms with Crippen LogP contribution in [0.2, 0.25) is 0 Å². The first kappa shape index (κ1) is 19.2. The molecule has 1 amide bonds. The summed E-state index contributed by atoms with van der Waals surface area (Å²) in [6.07, 6.45) is -4.19. The van der Waals surface area contributed by atoms with Crippen LogP contribution in [-0.2, 0) is 15.7 Å². The van der Waals surface area contributed by atoms with Gasteiger partial charge in [0.15, 0.2) is 0 Å². The standard InChI is InChI=1S/C15H22F3N3O2/c1-3-6-20-12-5-4-10(15(16,17)18)7-13(12)21-14(22)8-11(9-19)23-2/h4-5,7,11,20H,3,6,8-9,19H2,1-2H3,(H,21,22). The maximum Gasteiger partial charge on any atom is 0.416 e. The zero-order valence-electron chi connectivity index (χ0n) is 13.2. The Balaban J connectivity index is 2.97. The molecule has 1 aromatic carbocycles. The minimum atomic E-state index is -4.48. The minimum absolute atomic E-state index is 0.0313. The SMILES string of the molecule is CCCNc1ccc(C(F)(F)F)cc1NC(=O)CC(CN)OC. The number of hydrogen-bond acceptors (Lipinski definition) is 4. The van der Waals surface area contributed by atoms with Crippen LogP contribution in [0.3, 0.4) is 0 Å². The van der Waals surface area contributed by atoms with E-state index in [4.69, 9.17) is 10.5 Å². The first-order valence-electron chi connectivity index (χ1n) is 7.29. The number of hydrogen-bond donors (Lipinski definition) is 3. The Morgan fingerprint density at radius 2 is 2.04 bits per heavy atom. The molecule has 5 nitrogen and oxygen atoms in total. The molecule has 23 heavy (non-hydrogen) atoms. The van der Waals surface area contributed by atoms with Crippen molar-refractivity contribution in [2.75, 3.05) is 30.8 Å². The van der Waals surface area contributed by atoms with Gasteiger partial charge >= 0.3 is 6.18 Å². The van der Waals surface area contributed by atoms with Gasteiger partial charge in [-0.3, -0.25) is 4.79 Å². The normalized spacial score (nSPS) is 12.8. The number of rotatable bonds is 8. The number of halogens is 3. The fraction of sp³-hybridized carbons (Fsp3) is 0.533. The summed E-state index contributed by atoms with van der Waals surface area (Å²) in [4.78, 5) is 12.0. The average Bonchev–Trinajstić information content (AvgIpc) is 2.50. The summed E-state index contributed by atoms with van der Waals surface area (Å²) < 4.78 is 43.5. The van der Waals surface area contributed by atoms with Crippen LogP contribution in [0.4, 0.5) is 24.5 Å². The minimum Gasteiger partial charge on any atom is -0.383 e. The molecule has 0 heterocycles. The van der Waals surface area contributed by atoms with Gasteiger partial charge in [-0.15, -0.1) is 0 Å². The van der Waals surface area contributed by atoms with Crippen molar-refractivity contribution < 1.29 is 22.7 Å². The number of nitrogens with one attached hydrogen (secondary N) is 2. The molecule has 0 aliphatic carbocycles. The van der Waals surface area contributed by atoms with Crippen LogP contribution in [0.15, 0.2) is 18.2 Å². The highest BCUT2D eigenvalue weighted by Crippen LogP contribution is 2.34. The van der Waals surface area contributed by atoms with E-state index >= 15 is 0 Å². The summed E-state index contributed by atoms with van der Waals surface area (Å²) >= 11 is 0. The molecule has 130 valence electrons. The van der Waals surface area contributed by atoms with Crippen molar-refractivity contribution in [2.24, 2.45) is 5.73 Å². The molecule has 0 saturated heterocycles. The van der Waals surface area contributed by atoms with Gasteiger partial charge in [-0.25, -0.2) is 0 Å². The summed E-state index contributed by atoms with van der Waals surface area (Å²) in [6, 6.07) is 3.20. The third kappa shape index (κ3) is 6.07. The fourth-order valence-electron chi connectivity index (χ4n) is 1.91. The van der Waals surface area contributed by atoms with Crippen LogP contribution in [0.5, 0.6) is 0 Å². The number of alkyl halides is 3. The number of carbonyl (C=O) groups excluding carboxylic acids is 1. The molecule has 0 aliphatic rings. The second-order valence-corrected chi connectivity index (χ2v) is 5.03. The van der Waals surface area contributed by atoms with Crippen molar-refractivity contribution >= 4 is 17.3 Å². The highest BCUT2D eigenvalue weighted by molar-refractivity contribution is 5.94. The summed E-state index contributed by atoms with van der Waals surface area (Å²) in [6.45, 7) is 2.66. The molecule has 8 heteroatoms. The van der Waals surface area contributed by atoms with Gasteiger partial charge in [0.1, 0.15) is 0 Å².